The van der Waals surface area contributed by atoms with Crippen molar-refractivity contribution in [3.05, 3.63) is 11.4 Å². The third kappa shape index (κ3) is 3.33. The van der Waals surface area contributed by atoms with Crippen LogP contribution < -0.4 is 5.32 Å². The maximum atomic E-state index is 11.3. The standard InChI is InChI=1S/C12H20N4O4/c1-20-7-9(17)6-16-11(8-2-4-13-5-3-8)10(12(18)19)14-15-16/h8-9,13,17H,2-7H2,1H3,(H,18,19). The van der Waals surface area contributed by atoms with E-state index < -0.39 is 12.1 Å². The minimum atomic E-state index is -1.08. The van der Waals surface area contributed by atoms with E-state index in [0.29, 0.717) is 5.69 Å². The van der Waals surface area contributed by atoms with Gasteiger partial charge in [-0.1, -0.05) is 5.21 Å². The molecule has 1 saturated heterocycles. The molecule has 0 amide bonds. The van der Waals surface area contributed by atoms with Crippen LogP contribution in [-0.4, -0.2) is 64.1 Å². The molecule has 0 bridgehead atoms. The first kappa shape index (κ1) is 14.9. The van der Waals surface area contributed by atoms with Crippen molar-refractivity contribution in [1.29, 1.82) is 0 Å². The molecule has 1 aliphatic rings. The molecule has 0 aliphatic carbocycles. The molecule has 1 aromatic heterocycles. The van der Waals surface area contributed by atoms with Gasteiger partial charge in [-0.25, -0.2) is 9.48 Å². The molecule has 20 heavy (non-hydrogen) atoms. The summed E-state index contributed by atoms with van der Waals surface area (Å²) >= 11 is 0. The second kappa shape index (κ2) is 6.78. The zero-order chi connectivity index (χ0) is 14.5. The van der Waals surface area contributed by atoms with E-state index in [1.165, 1.54) is 11.8 Å². The Morgan fingerprint density at radius 3 is 2.85 bits per heavy atom. The number of carboxylic acid groups (broad SMARTS) is 1. The Labute approximate surface area is 116 Å². The highest BCUT2D eigenvalue weighted by molar-refractivity contribution is 5.86. The minimum Gasteiger partial charge on any atom is -0.476 e. The molecule has 0 spiro atoms. The molecule has 1 aliphatic heterocycles. The van der Waals surface area contributed by atoms with Gasteiger partial charge < -0.3 is 20.3 Å². The Morgan fingerprint density at radius 1 is 1.55 bits per heavy atom. The van der Waals surface area contributed by atoms with Crippen LogP contribution in [-0.2, 0) is 11.3 Å². The van der Waals surface area contributed by atoms with E-state index in [1.807, 2.05) is 0 Å². The predicted molar refractivity (Wildman–Crippen MR) is 69.7 cm³/mol. The summed E-state index contributed by atoms with van der Waals surface area (Å²) in [4.78, 5) is 11.3. The molecule has 112 valence electrons. The minimum absolute atomic E-state index is 0.0125. The van der Waals surface area contributed by atoms with Crippen molar-refractivity contribution in [2.75, 3.05) is 26.8 Å². The van der Waals surface area contributed by atoms with Crippen LogP contribution in [0.3, 0.4) is 0 Å². The number of nitrogens with one attached hydrogen (secondary N) is 1. The number of aliphatic hydroxyl groups excluding tert-OH is 1. The highest BCUT2D eigenvalue weighted by Gasteiger charge is 2.28. The van der Waals surface area contributed by atoms with Crippen molar-refractivity contribution in [2.45, 2.75) is 31.4 Å². The number of hydrogen-bond donors (Lipinski definition) is 3. The number of rotatable bonds is 6. The zero-order valence-corrected chi connectivity index (χ0v) is 11.4. The molecule has 0 radical (unpaired) electrons. The van der Waals surface area contributed by atoms with Crippen molar-refractivity contribution in [2.24, 2.45) is 0 Å². The molecular formula is C12H20N4O4. The van der Waals surface area contributed by atoms with E-state index in [9.17, 15) is 15.0 Å². The van der Waals surface area contributed by atoms with Gasteiger partial charge in [0.2, 0.25) is 0 Å². The van der Waals surface area contributed by atoms with Crippen LogP contribution in [0, 0.1) is 0 Å². The first-order chi connectivity index (χ1) is 9.63. The van der Waals surface area contributed by atoms with Gasteiger partial charge in [-0.2, -0.15) is 0 Å². The van der Waals surface area contributed by atoms with Gasteiger partial charge in [-0.05, 0) is 25.9 Å². The molecule has 8 nitrogen and oxygen atoms in total. The van der Waals surface area contributed by atoms with Crippen molar-refractivity contribution >= 4 is 5.97 Å². The third-order valence-electron chi connectivity index (χ3n) is 3.44. The van der Waals surface area contributed by atoms with E-state index in [0.717, 1.165) is 25.9 Å². The third-order valence-corrected chi connectivity index (χ3v) is 3.44. The van der Waals surface area contributed by atoms with Crippen molar-refractivity contribution in [1.82, 2.24) is 20.3 Å². The predicted octanol–water partition coefficient (Wildman–Crippen LogP) is -0.549. The first-order valence-electron chi connectivity index (χ1n) is 6.68. The Balaban J connectivity index is 2.24. The summed E-state index contributed by atoms with van der Waals surface area (Å²) in [5.41, 5.74) is 0.593. The second-order valence-corrected chi connectivity index (χ2v) is 4.94. The van der Waals surface area contributed by atoms with Gasteiger partial charge in [0, 0.05) is 13.0 Å². The fraction of sp³-hybridized carbons (Fsp3) is 0.750. The van der Waals surface area contributed by atoms with E-state index >= 15 is 0 Å². The molecule has 0 saturated carbocycles. The smallest absolute Gasteiger partial charge is 0.358 e. The monoisotopic (exact) mass is 284 g/mol. The molecule has 1 aromatic rings. The topological polar surface area (TPSA) is 110 Å². The number of nitrogens with zero attached hydrogens (tertiary/aromatic N) is 3. The Kier molecular flexibility index (Phi) is 5.05. The second-order valence-electron chi connectivity index (χ2n) is 4.94. The van der Waals surface area contributed by atoms with Gasteiger partial charge in [-0.3, -0.25) is 0 Å². The fourth-order valence-corrected chi connectivity index (χ4v) is 2.55. The molecule has 2 heterocycles. The highest BCUT2D eigenvalue weighted by Crippen LogP contribution is 2.27. The summed E-state index contributed by atoms with van der Waals surface area (Å²) < 4.78 is 6.38. The highest BCUT2D eigenvalue weighted by atomic mass is 16.5. The summed E-state index contributed by atoms with van der Waals surface area (Å²) in [5.74, 6) is -0.974. The average Bonchev–Trinajstić information content (AvgIpc) is 2.83. The summed E-state index contributed by atoms with van der Waals surface area (Å²) in [7, 11) is 1.50. The normalized spacial score (nSPS) is 18.1. The summed E-state index contributed by atoms with van der Waals surface area (Å²) in [5, 5.41) is 29.9. The summed E-state index contributed by atoms with van der Waals surface area (Å²) in [6, 6.07) is 0. The molecule has 8 heteroatoms. The SMILES string of the molecule is COCC(O)Cn1nnc(C(=O)O)c1C1CCNCC1. The molecule has 0 aromatic carbocycles. The first-order valence-corrected chi connectivity index (χ1v) is 6.68. The summed E-state index contributed by atoms with van der Waals surface area (Å²) in [6.07, 6.45) is 0.950. The molecule has 1 unspecified atom stereocenters. The number of aliphatic hydroxyl groups is 1. The van der Waals surface area contributed by atoms with E-state index in [1.54, 1.807) is 0 Å². The molecule has 3 N–H and O–H groups in total. The largest absolute Gasteiger partial charge is 0.476 e. The van der Waals surface area contributed by atoms with Crippen LogP contribution in [0.2, 0.25) is 0 Å². The lowest BCUT2D eigenvalue weighted by Crippen LogP contribution is -2.30. The fourth-order valence-electron chi connectivity index (χ4n) is 2.55. The van der Waals surface area contributed by atoms with Crippen LogP contribution >= 0.6 is 0 Å². The molecule has 1 atom stereocenters. The number of ether oxygens (including phenoxy) is 1. The van der Waals surface area contributed by atoms with Gasteiger partial charge in [0.25, 0.3) is 0 Å². The zero-order valence-electron chi connectivity index (χ0n) is 11.4. The number of methoxy groups -OCH3 is 1. The number of carbonyl (C=O) groups is 1. The Bertz CT molecular complexity index is 456. The quantitative estimate of drug-likeness (QED) is 0.643. The van der Waals surface area contributed by atoms with Crippen LogP contribution in [0.5, 0.6) is 0 Å². The van der Waals surface area contributed by atoms with Crippen LogP contribution in [0.15, 0.2) is 0 Å². The van der Waals surface area contributed by atoms with Crippen molar-refractivity contribution in [3.63, 3.8) is 0 Å². The van der Waals surface area contributed by atoms with Gasteiger partial charge >= 0.3 is 5.97 Å². The molecule has 1 fully saturated rings. The van der Waals surface area contributed by atoms with Gasteiger partial charge in [0.1, 0.15) is 0 Å². The lowest BCUT2D eigenvalue weighted by molar-refractivity contribution is 0.0500. The average molecular weight is 284 g/mol. The van der Waals surface area contributed by atoms with Crippen molar-refractivity contribution in [3.8, 4) is 0 Å². The van der Waals surface area contributed by atoms with Gasteiger partial charge in [0.15, 0.2) is 5.69 Å². The number of hydrogen-bond acceptors (Lipinski definition) is 6. The van der Waals surface area contributed by atoms with Gasteiger partial charge in [-0.15, -0.1) is 5.10 Å². The van der Waals surface area contributed by atoms with Crippen LogP contribution in [0.1, 0.15) is 34.9 Å². The number of piperidine rings is 1. The van der Waals surface area contributed by atoms with E-state index in [-0.39, 0.29) is 24.8 Å². The van der Waals surface area contributed by atoms with Gasteiger partial charge in [0.05, 0.1) is 24.9 Å². The number of carboxylic acids is 1. The van der Waals surface area contributed by atoms with Crippen molar-refractivity contribution < 1.29 is 19.7 Å². The lowest BCUT2D eigenvalue weighted by atomic mass is 9.93. The maximum Gasteiger partial charge on any atom is 0.358 e. The molecule has 2 rings (SSSR count). The maximum absolute atomic E-state index is 11.3. The molecular weight excluding hydrogens is 264 g/mol. The van der Waals surface area contributed by atoms with Crippen LogP contribution in [0.25, 0.3) is 0 Å². The Morgan fingerprint density at radius 2 is 2.25 bits per heavy atom. The Hall–Kier alpha value is -1.51. The van der Waals surface area contributed by atoms with E-state index in [4.69, 9.17) is 4.74 Å². The number of aromatic carboxylic acids is 1. The number of aromatic nitrogens is 3. The summed E-state index contributed by atoms with van der Waals surface area (Å²) in [6.45, 7) is 2.05. The lowest BCUT2D eigenvalue weighted by Gasteiger charge is -2.24. The van der Waals surface area contributed by atoms with E-state index in [2.05, 4.69) is 15.6 Å². The van der Waals surface area contributed by atoms with Crippen LogP contribution in [0.4, 0.5) is 0 Å².